The van der Waals surface area contributed by atoms with Crippen molar-refractivity contribution in [1.82, 2.24) is 0 Å². The van der Waals surface area contributed by atoms with E-state index in [0.717, 1.165) is 0 Å². The summed E-state index contributed by atoms with van der Waals surface area (Å²) in [5, 5.41) is 9.23. The number of halogens is 1. The fourth-order valence-corrected chi connectivity index (χ4v) is 1.45. The predicted molar refractivity (Wildman–Crippen MR) is 56.8 cm³/mol. The highest BCUT2D eigenvalue weighted by Crippen LogP contribution is 2.26. The zero-order valence-electron chi connectivity index (χ0n) is 8.24. The van der Waals surface area contributed by atoms with Crippen molar-refractivity contribution in [3.63, 3.8) is 0 Å². The van der Waals surface area contributed by atoms with Gasteiger partial charge < -0.3 is 15.6 Å². The maximum Gasteiger partial charge on any atom is 0.308 e. The Labute approximate surface area is 92.6 Å². The molecule has 0 aromatic heterocycles. The van der Waals surface area contributed by atoms with Crippen LogP contribution in [-0.2, 0) is 4.79 Å². The molecule has 1 aromatic carbocycles. The third-order valence-electron chi connectivity index (χ3n) is 1.83. The number of rotatable bonds is 3. The molecule has 3 N–H and O–H groups in total. The number of ether oxygens (including phenoxy) is 1. The van der Waals surface area contributed by atoms with E-state index in [2.05, 4.69) is 0 Å². The highest BCUT2D eigenvalue weighted by molar-refractivity contribution is 6.31. The van der Waals surface area contributed by atoms with Crippen LogP contribution in [0.1, 0.15) is 18.5 Å². The number of carbonyl (C=O) groups is 1. The summed E-state index contributed by atoms with van der Waals surface area (Å²) in [4.78, 5) is 10.7. The van der Waals surface area contributed by atoms with E-state index >= 15 is 0 Å². The number of nitrogens with two attached hydrogens (primary N) is 1. The summed E-state index contributed by atoms with van der Waals surface area (Å²) in [5.74, 6) is -0.0494. The van der Waals surface area contributed by atoms with Gasteiger partial charge in [-0.05, 0) is 17.7 Å². The molecule has 0 spiro atoms. The van der Waals surface area contributed by atoms with E-state index in [-0.39, 0.29) is 6.61 Å². The molecular weight excluding hydrogens is 218 g/mol. The SMILES string of the molecule is CC(=O)Oc1ccc([C@H](N)CO)c(Cl)c1. The van der Waals surface area contributed by atoms with Crippen molar-refractivity contribution in [3.8, 4) is 5.75 Å². The molecule has 5 heteroatoms. The molecule has 15 heavy (non-hydrogen) atoms. The quantitative estimate of drug-likeness (QED) is 0.605. The number of hydrogen-bond acceptors (Lipinski definition) is 4. The predicted octanol–water partition coefficient (Wildman–Crippen LogP) is 1.26. The van der Waals surface area contributed by atoms with Crippen molar-refractivity contribution in [2.24, 2.45) is 5.73 Å². The first-order valence-corrected chi connectivity index (χ1v) is 4.76. The van der Waals surface area contributed by atoms with Crippen molar-refractivity contribution in [2.75, 3.05) is 6.61 Å². The van der Waals surface area contributed by atoms with Gasteiger partial charge in [0.15, 0.2) is 0 Å². The topological polar surface area (TPSA) is 72.5 Å². The molecule has 0 amide bonds. The van der Waals surface area contributed by atoms with Crippen molar-refractivity contribution < 1.29 is 14.6 Å². The Morgan fingerprint density at radius 3 is 2.80 bits per heavy atom. The lowest BCUT2D eigenvalue weighted by Gasteiger charge is -2.11. The minimum Gasteiger partial charge on any atom is -0.427 e. The first-order chi connectivity index (χ1) is 7.04. The van der Waals surface area contributed by atoms with Crippen LogP contribution in [-0.4, -0.2) is 17.7 Å². The summed E-state index contributed by atoms with van der Waals surface area (Å²) in [6.45, 7) is 1.12. The van der Waals surface area contributed by atoms with Gasteiger partial charge in [-0.25, -0.2) is 0 Å². The molecule has 0 radical (unpaired) electrons. The smallest absolute Gasteiger partial charge is 0.308 e. The van der Waals surface area contributed by atoms with Gasteiger partial charge in [-0.3, -0.25) is 4.79 Å². The van der Waals surface area contributed by atoms with E-state index < -0.39 is 12.0 Å². The molecule has 1 atom stereocenters. The summed E-state index contributed by atoms with van der Waals surface area (Å²) >= 11 is 5.90. The summed E-state index contributed by atoms with van der Waals surface area (Å²) in [7, 11) is 0. The van der Waals surface area contributed by atoms with Crippen LogP contribution in [0, 0.1) is 0 Å². The fourth-order valence-electron chi connectivity index (χ4n) is 1.14. The second-order valence-electron chi connectivity index (χ2n) is 3.07. The van der Waals surface area contributed by atoms with Gasteiger partial charge in [-0.15, -0.1) is 0 Å². The summed E-state index contributed by atoms with van der Waals surface area (Å²) < 4.78 is 4.84. The van der Waals surface area contributed by atoms with Crippen LogP contribution in [0.15, 0.2) is 18.2 Å². The molecule has 0 aliphatic carbocycles. The number of aliphatic hydroxyl groups is 1. The van der Waals surface area contributed by atoms with Crippen LogP contribution in [0.4, 0.5) is 0 Å². The molecule has 82 valence electrons. The van der Waals surface area contributed by atoms with Gasteiger partial charge in [0.2, 0.25) is 0 Å². The van der Waals surface area contributed by atoms with Gasteiger partial charge in [-0.2, -0.15) is 0 Å². The highest BCUT2D eigenvalue weighted by Gasteiger charge is 2.10. The number of carbonyl (C=O) groups excluding carboxylic acids is 1. The van der Waals surface area contributed by atoms with E-state index in [0.29, 0.717) is 16.3 Å². The van der Waals surface area contributed by atoms with Crippen LogP contribution >= 0.6 is 11.6 Å². The molecule has 0 fully saturated rings. The van der Waals surface area contributed by atoms with Gasteiger partial charge in [-0.1, -0.05) is 17.7 Å². The second kappa shape index (κ2) is 5.11. The standard InChI is InChI=1S/C10H12ClNO3/c1-6(14)15-7-2-3-8(9(11)4-7)10(12)5-13/h2-4,10,13H,5,12H2,1H3/t10-/m1/s1. The van der Waals surface area contributed by atoms with Gasteiger partial charge in [0.1, 0.15) is 5.75 Å². The van der Waals surface area contributed by atoms with E-state index in [1.54, 1.807) is 12.1 Å². The van der Waals surface area contributed by atoms with Crippen molar-refractivity contribution in [1.29, 1.82) is 0 Å². The third-order valence-corrected chi connectivity index (χ3v) is 2.16. The van der Waals surface area contributed by atoms with Gasteiger partial charge in [0.25, 0.3) is 0 Å². The number of benzene rings is 1. The third kappa shape index (κ3) is 3.20. The van der Waals surface area contributed by atoms with Crippen molar-refractivity contribution in [2.45, 2.75) is 13.0 Å². The van der Waals surface area contributed by atoms with E-state index in [1.165, 1.54) is 13.0 Å². The fraction of sp³-hybridized carbons (Fsp3) is 0.300. The van der Waals surface area contributed by atoms with Crippen LogP contribution in [0.5, 0.6) is 5.75 Å². The minimum atomic E-state index is -0.524. The molecule has 4 nitrogen and oxygen atoms in total. The lowest BCUT2D eigenvalue weighted by atomic mass is 10.1. The Hall–Kier alpha value is -1.10. The van der Waals surface area contributed by atoms with Crippen molar-refractivity contribution >= 4 is 17.6 Å². The average molecular weight is 230 g/mol. The van der Waals surface area contributed by atoms with Crippen LogP contribution in [0.25, 0.3) is 0 Å². The zero-order valence-corrected chi connectivity index (χ0v) is 8.99. The van der Waals surface area contributed by atoms with Crippen LogP contribution < -0.4 is 10.5 Å². The Kier molecular flexibility index (Phi) is 4.08. The van der Waals surface area contributed by atoms with E-state index in [1.807, 2.05) is 0 Å². The zero-order chi connectivity index (χ0) is 11.4. The van der Waals surface area contributed by atoms with Gasteiger partial charge >= 0.3 is 5.97 Å². The molecule has 0 saturated carbocycles. The normalized spacial score (nSPS) is 12.3. The maximum absolute atomic E-state index is 10.7. The average Bonchev–Trinajstić information content (AvgIpc) is 2.16. The van der Waals surface area contributed by atoms with Crippen LogP contribution in [0.2, 0.25) is 5.02 Å². The summed E-state index contributed by atoms with van der Waals surface area (Å²) in [6, 6.07) is 4.18. The number of aliphatic hydroxyl groups excluding tert-OH is 1. The Balaban J connectivity index is 2.92. The molecule has 0 aliphatic heterocycles. The lowest BCUT2D eigenvalue weighted by Crippen LogP contribution is -2.15. The molecule has 0 unspecified atom stereocenters. The highest BCUT2D eigenvalue weighted by atomic mass is 35.5. The number of hydrogen-bond donors (Lipinski definition) is 2. The monoisotopic (exact) mass is 229 g/mol. The molecule has 1 rings (SSSR count). The van der Waals surface area contributed by atoms with Gasteiger partial charge in [0, 0.05) is 11.9 Å². The molecule has 0 bridgehead atoms. The summed E-state index contributed by atoms with van der Waals surface area (Å²) in [6.07, 6.45) is 0. The van der Waals surface area contributed by atoms with Gasteiger partial charge in [0.05, 0.1) is 12.6 Å². The minimum absolute atomic E-state index is 0.188. The molecule has 0 heterocycles. The van der Waals surface area contributed by atoms with Crippen LogP contribution in [0.3, 0.4) is 0 Å². The maximum atomic E-state index is 10.7. The van der Waals surface area contributed by atoms with E-state index in [4.69, 9.17) is 27.2 Å². The molecular formula is C10H12ClNO3. The first kappa shape index (κ1) is 12.0. The molecule has 1 aromatic rings. The second-order valence-corrected chi connectivity index (χ2v) is 3.47. The molecule has 0 saturated heterocycles. The summed E-state index contributed by atoms with van der Waals surface area (Å²) in [5.41, 5.74) is 6.22. The van der Waals surface area contributed by atoms with E-state index in [9.17, 15) is 4.79 Å². The first-order valence-electron chi connectivity index (χ1n) is 4.39. The Bertz CT molecular complexity index is 368. The molecule has 0 aliphatic rings. The Morgan fingerprint density at radius 2 is 2.33 bits per heavy atom. The largest absolute Gasteiger partial charge is 0.427 e. The Morgan fingerprint density at radius 1 is 1.67 bits per heavy atom. The lowest BCUT2D eigenvalue weighted by molar-refractivity contribution is -0.131. The number of esters is 1. The van der Waals surface area contributed by atoms with Crippen molar-refractivity contribution in [3.05, 3.63) is 28.8 Å².